The van der Waals surface area contributed by atoms with Crippen LogP contribution >= 0.6 is 0 Å². The fraction of sp³-hybridized carbons (Fsp3) is 0.0667. The van der Waals surface area contributed by atoms with E-state index in [1.54, 1.807) is 6.20 Å². The Morgan fingerprint density at radius 1 is 0.771 bits per heavy atom. The largest absolute Gasteiger partial charge is 2.00 e. The summed E-state index contributed by atoms with van der Waals surface area (Å²) < 4.78 is 8.09. The Balaban J connectivity index is 0.00000253. The molecule has 172 valence electrons. The Morgan fingerprint density at radius 2 is 1.63 bits per heavy atom. The van der Waals surface area contributed by atoms with Crippen molar-refractivity contribution >= 4 is 21.8 Å². The minimum Gasteiger partial charge on any atom is -0.460 e. The molecule has 0 amide bonds. The van der Waals surface area contributed by atoms with E-state index in [9.17, 15) is 0 Å². The van der Waals surface area contributed by atoms with Gasteiger partial charge < -0.3 is 9.30 Å². The van der Waals surface area contributed by atoms with Crippen molar-refractivity contribution in [3.63, 3.8) is 0 Å². The number of aryl methyl sites for hydroxylation is 1. The second-order valence-electron chi connectivity index (χ2n) is 8.06. The molecular weight excluding hydrogens is 613 g/mol. The van der Waals surface area contributed by atoms with Crippen molar-refractivity contribution in [3.05, 3.63) is 115 Å². The second-order valence-corrected chi connectivity index (χ2v) is 8.06. The second kappa shape index (κ2) is 9.85. The van der Waals surface area contributed by atoms with Gasteiger partial charge >= 0.3 is 21.1 Å². The van der Waals surface area contributed by atoms with Gasteiger partial charge in [0.25, 0.3) is 0 Å². The maximum Gasteiger partial charge on any atom is 2.00 e. The Labute approximate surface area is 218 Å². The van der Waals surface area contributed by atoms with Crippen LogP contribution in [0.25, 0.3) is 38.8 Å². The number of benzene rings is 3. The molecule has 0 atom stereocenters. The summed E-state index contributed by atoms with van der Waals surface area (Å²) in [6.07, 6.45) is 4.55. The van der Waals surface area contributed by atoms with Crippen LogP contribution in [0.5, 0.6) is 11.6 Å². The zero-order chi connectivity index (χ0) is 22.9. The first-order chi connectivity index (χ1) is 16.8. The molecule has 0 radical (unpaired) electrons. The zero-order valence-electron chi connectivity index (χ0n) is 19.0. The summed E-state index contributed by atoms with van der Waals surface area (Å²) in [6.45, 7) is 2.16. The Bertz CT molecular complexity index is 1630. The summed E-state index contributed by atoms with van der Waals surface area (Å²) in [7, 11) is 0. The molecule has 0 saturated heterocycles. The van der Waals surface area contributed by atoms with Crippen LogP contribution in [0.15, 0.2) is 97.3 Å². The quantitative estimate of drug-likeness (QED) is 0.189. The number of ether oxygens (including phenoxy) is 1. The molecule has 0 fully saturated rings. The minimum absolute atomic E-state index is 0. The van der Waals surface area contributed by atoms with Crippen molar-refractivity contribution in [3.8, 4) is 28.6 Å². The van der Waals surface area contributed by atoms with Gasteiger partial charge in [0.1, 0.15) is 5.82 Å². The van der Waals surface area contributed by atoms with E-state index in [-0.39, 0.29) is 21.1 Å². The van der Waals surface area contributed by atoms with Crippen molar-refractivity contribution < 1.29 is 25.8 Å². The van der Waals surface area contributed by atoms with E-state index < -0.39 is 0 Å². The first-order valence-electron chi connectivity index (χ1n) is 11.3. The molecule has 0 bridgehead atoms. The van der Waals surface area contributed by atoms with Crippen molar-refractivity contribution in [1.29, 1.82) is 0 Å². The van der Waals surface area contributed by atoms with Crippen LogP contribution in [0.2, 0.25) is 0 Å². The van der Waals surface area contributed by atoms with Crippen molar-refractivity contribution in [2.75, 3.05) is 0 Å². The zero-order valence-corrected chi connectivity index (χ0v) is 21.3. The smallest absolute Gasteiger partial charge is 0.460 e. The Morgan fingerprint density at radius 3 is 2.49 bits per heavy atom. The molecule has 3 aromatic heterocycles. The van der Waals surface area contributed by atoms with Gasteiger partial charge in [-0.05, 0) is 47.2 Å². The van der Waals surface area contributed by atoms with E-state index in [0.29, 0.717) is 11.6 Å². The van der Waals surface area contributed by atoms with Crippen LogP contribution in [0.1, 0.15) is 12.5 Å². The molecule has 35 heavy (non-hydrogen) atoms. The van der Waals surface area contributed by atoms with Gasteiger partial charge in [-0.2, -0.15) is 24.3 Å². The molecule has 0 aliphatic carbocycles. The fourth-order valence-corrected chi connectivity index (χ4v) is 4.28. The van der Waals surface area contributed by atoms with E-state index in [4.69, 9.17) is 9.72 Å². The van der Waals surface area contributed by atoms with Crippen LogP contribution in [-0.4, -0.2) is 14.5 Å². The van der Waals surface area contributed by atoms with Crippen LogP contribution in [0, 0.1) is 12.1 Å². The molecule has 5 heteroatoms. The van der Waals surface area contributed by atoms with Gasteiger partial charge in [0.2, 0.25) is 5.88 Å². The number of pyridine rings is 2. The predicted molar refractivity (Wildman–Crippen MR) is 135 cm³/mol. The summed E-state index contributed by atoms with van der Waals surface area (Å²) in [4.78, 5) is 8.94. The summed E-state index contributed by atoms with van der Waals surface area (Å²) in [5.74, 6) is 2.05. The van der Waals surface area contributed by atoms with Gasteiger partial charge in [0, 0.05) is 29.7 Å². The van der Waals surface area contributed by atoms with Gasteiger partial charge in [-0.15, -0.1) is 18.2 Å². The SMILES string of the molecule is CCc1ccnc(-n2c3[c-]c(-c4[c-]c(Oc5ccccn5)ccc4)ccc3c3ccccc32)c1.[Pt+2]. The number of aromatic nitrogens is 3. The normalized spacial score (nSPS) is 10.9. The predicted octanol–water partition coefficient (Wildman–Crippen LogP) is 7.19. The molecule has 6 rings (SSSR count). The molecule has 3 heterocycles. The third-order valence-corrected chi connectivity index (χ3v) is 5.94. The molecule has 6 aromatic rings. The average molecular weight is 635 g/mol. The summed E-state index contributed by atoms with van der Waals surface area (Å²) >= 11 is 0. The molecule has 0 aliphatic rings. The van der Waals surface area contributed by atoms with Gasteiger partial charge in [-0.1, -0.05) is 36.6 Å². The Kier molecular flexibility index (Phi) is 6.48. The maximum absolute atomic E-state index is 5.90. The molecule has 3 aromatic carbocycles. The number of hydrogen-bond acceptors (Lipinski definition) is 3. The standard InChI is InChI=1S/C30H21N3O.Pt/c1-2-21-15-17-31-29(18-21)33-27-11-4-3-10-25(27)26-14-13-23(20-28(26)33)22-8-7-9-24(19-22)34-30-12-5-6-16-32-30;/h3-18H,2H2,1H3;/q-2;+2. The summed E-state index contributed by atoms with van der Waals surface area (Å²) in [6, 6.07) is 35.4. The van der Waals surface area contributed by atoms with Crippen molar-refractivity contribution in [2.24, 2.45) is 0 Å². The van der Waals surface area contributed by atoms with Gasteiger partial charge in [-0.3, -0.25) is 0 Å². The molecule has 0 N–H and O–H groups in total. The third kappa shape index (κ3) is 4.38. The molecular formula is C30H21N3OPt. The van der Waals surface area contributed by atoms with Crippen LogP contribution in [0.3, 0.4) is 0 Å². The van der Waals surface area contributed by atoms with E-state index >= 15 is 0 Å². The Hall–Kier alpha value is -3.75. The number of nitrogens with zero attached hydrogens (tertiary/aromatic N) is 3. The molecule has 0 unspecified atom stereocenters. The number of para-hydroxylation sites is 1. The molecule has 4 nitrogen and oxygen atoms in total. The maximum atomic E-state index is 5.90. The van der Waals surface area contributed by atoms with Crippen LogP contribution in [-0.2, 0) is 27.5 Å². The molecule has 0 aliphatic heterocycles. The number of hydrogen-bond donors (Lipinski definition) is 0. The van der Waals surface area contributed by atoms with Crippen LogP contribution < -0.4 is 4.74 Å². The summed E-state index contributed by atoms with van der Waals surface area (Å²) in [5, 5.41) is 2.32. The van der Waals surface area contributed by atoms with E-state index in [1.807, 2.05) is 42.6 Å². The van der Waals surface area contributed by atoms with Crippen LogP contribution in [0.4, 0.5) is 0 Å². The third-order valence-electron chi connectivity index (χ3n) is 5.94. The fourth-order valence-electron chi connectivity index (χ4n) is 4.28. The molecule has 0 spiro atoms. The monoisotopic (exact) mass is 634 g/mol. The first-order valence-corrected chi connectivity index (χ1v) is 11.3. The first kappa shape index (κ1) is 23.0. The molecule has 0 saturated carbocycles. The van der Waals surface area contributed by atoms with Crippen molar-refractivity contribution in [1.82, 2.24) is 14.5 Å². The van der Waals surface area contributed by atoms with Gasteiger partial charge in [0.05, 0.1) is 0 Å². The topological polar surface area (TPSA) is 39.9 Å². The number of fused-ring (bicyclic) bond motifs is 3. The van der Waals surface area contributed by atoms with E-state index in [1.165, 1.54) is 10.9 Å². The van der Waals surface area contributed by atoms with E-state index in [2.05, 4.69) is 77.1 Å². The van der Waals surface area contributed by atoms with Gasteiger partial charge in [0.15, 0.2) is 0 Å². The average Bonchev–Trinajstić information content (AvgIpc) is 3.23. The van der Waals surface area contributed by atoms with Gasteiger partial charge in [-0.25, -0.2) is 21.1 Å². The number of rotatable bonds is 5. The summed E-state index contributed by atoms with van der Waals surface area (Å²) in [5.41, 5.74) is 5.20. The van der Waals surface area contributed by atoms with Crippen molar-refractivity contribution in [2.45, 2.75) is 13.3 Å². The van der Waals surface area contributed by atoms with E-state index in [0.717, 1.165) is 39.8 Å². The minimum atomic E-state index is 0.